The fourth-order valence-electron chi connectivity index (χ4n) is 1.70. The second-order valence-corrected chi connectivity index (χ2v) is 3.96. The minimum absolute atomic E-state index is 0.0746. The summed E-state index contributed by atoms with van der Waals surface area (Å²) in [6.45, 7) is 0. The molecule has 96 valence electrons. The van der Waals surface area contributed by atoms with Crippen LogP contribution in [0.3, 0.4) is 0 Å². The molecule has 0 bridgehead atoms. The second-order valence-electron chi connectivity index (χ2n) is 3.96. The van der Waals surface area contributed by atoms with Crippen LogP contribution < -0.4 is 0 Å². The molecule has 1 N–H and O–H groups in total. The number of benzene rings is 1. The third-order valence-electron chi connectivity index (χ3n) is 2.59. The molecule has 0 amide bonds. The summed E-state index contributed by atoms with van der Waals surface area (Å²) in [6, 6.07) is 3.96. The molecule has 0 unspecified atom stereocenters. The zero-order valence-electron chi connectivity index (χ0n) is 9.91. The first-order chi connectivity index (χ1) is 9.15. The van der Waals surface area contributed by atoms with E-state index in [2.05, 4.69) is 15.2 Å². The SMILES string of the molecule is Cn1cc(-c2noc(-c3c(O)cccc3F)n2)cn1. The number of hydrogen-bond acceptors (Lipinski definition) is 5. The van der Waals surface area contributed by atoms with Crippen molar-refractivity contribution in [1.29, 1.82) is 0 Å². The number of aromatic nitrogens is 4. The lowest BCUT2D eigenvalue weighted by Gasteiger charge is -1.99. The molecule has 0 aliphatic rings. The minimum Gasteiger partial charge on any atom is -0.507 e. The molecule has 3 aromatic rings. The average molecular weight is 260 g/mol. The fraction of sp³-hybridized carbons (Fsp3) is 0.0833. The molecule has 0 spiro atoms. The Hall–Kier alpha value is -2.70. The van der Waals surface area contributed by atoms with E-state index in [1.807, 2.05) is 0 Å². The Balaban J connectivity index is 2.06. The van der Waals surface area contributed by atoms with Crippen LogP contribution >= 0.6 is 0 Å². The van der Waals surface area contributed by atoms with Gasteiger partial charge in [-0.3, -0.25) is 4.68 Å². The van der Waals surface area contributed by atoms with E-state index in [0.29, 0.717) is 5.56 Å². The predicted octanol–water partition coefficient (Wildman–Crippen LogP) is 1.98. The molecule has 7 heteroatoms. The first kappa shape index (κ1) is 11.4. The first-order valence-corrected chi connectivity index (χ1v) is 5.46. The van der Waals surface area contributed by atoms with Gasteiger partial charge in [-0.1, -0.05) is 11.2 Å². The van der Waals surface area contributed by atoms with Crippen molar-refractivity contribution < 1.29 is 14.0 Å². The normalized spacial score (nSPS) is 10.8. The van der Waals surface area contributed by atoms with Crippen LogP contribution in [-0.2, 0) is 7.05 Å². The highest BCUT2D eigenvalue weighted by atomic mass is 19.1. The van der Waals surface area contributed by atoms with E-state index in [1.165, 1.54) is 18.2 Å². The maximum atomic E-state index is 13.6. The fourth-order valence-corrected chi connectivity index (χ4v) is 1.70. The lowest BCUT2D eigenvalue weighted by Crippen LogP contribution is -1.86. The zero-order valence-corrected chi connectivity index (χ0v) is 9.91. The molecule has 0 saturated carbocycles. The minimum atomic E-state index is -0.624. The molecule has 19 heavy (non-hydrogen) atoms. The van der Waals surface area contributed by atoms with Crippen molar-refractivity contribution in [3.05, 3.63) is 36.4 Å². The number of halogens is 1. The van der Waals surface area contributed by atoms with Gasteiger partial charge in [0.05, 0.1) is 11.8 Å². The van der Waals surface area contributed by atoms with Crippen LogP contribution in [0, 0.1) is 5.82 Å². The molecule has 2 heterocycles. The molecular formula is C12H9FN4O2. The van der Waals surface area contributed by atoms with Crippen molar-refractivity contribution >= 4 is 0 Å². The van der Waals surface area contributed by atoms with Crippen LogP contribution in [0.15, 0.2) is 35.1 Å². The summed E-state index contributed by atoms with van der Waals surface area (Å²) >= 11 is 0. The van der Waals surface area contributed by atoms with Crippen molar-refractivity contribution in [1.82, 2.24) is 19.9 Å². The van der Waals surface area contributed by atoms with Gasteiger partial charge >= 0.3 is 0 Å². The Morgan fingerprint density at radius 3 is 2.89 bits per heavy atom. The Kier molecular flexibility index (Phi) is 2.52. The van der Waals surface area contributed by atoms with Crippen LogP contribution in [0.1, 0.15) is 0 Å². The summed E-state index contributed by atoms with van der Waals surface area (Å²) in [5.74, 6) is -0.664. The Labute approximate surface area is 107 Å². The summed E-state index contributed by atoms with van der Waals surface area (Å²) in [5.41, 5.74) is 0.540. The molecular weight excluding hydrogens is 251 g/mol. The highest BCUT2D eigenvalue weighted by molar-refractivity contribution is 5.65. The molecule has 0 aliphatic heterocycles. The van der Waals surface area contributed by atoms with Gasteiger partial charge in [-0.25, -0.2) is 4.39 Å². The summed E-state index contributed by atoms with van der Waals surface area (Å²) in [4.78, 5) is 4.05. The lowest BCUT2D eigenvalue weighted by molar-refractivity contribution is 0.421. The van der Waals surface area contributed by atoms with Crippen LogP contribution in [0.2, 0.25) is 0 Å². The molecule has 0 radical (unpaired) electrons. The number of aryl methyl sites for hydroxylation is 1. The number of rotatable bonds is 2. The van der Waals surface area contributed by atoms with Gasteiger partial charge in [-0.2, -0.15) is 10.1 Å². The van der Waals surface area contributed by atoms with E-state index >= 15 is 0 Å². The molecule has 6 nitrogen and oxygen atoms in total. The first-order valence-electron chi connectivity index (χ1n) is 5.46. The molecule has 0 atom stereocenters. The Bertz CT molecular complexity index is 715. The highest BCUT2D eigenvalue weighted by Gasteiger charge is 2.18. The van der Waals surface area contributed by atoms with Crippen molar-refractivity contribution in [2.75, 3.05) is 0 Å². The molecule has 3 rings (SSSR count). The van der Waals surface area contributed by atoms with Crippen LogP contribution in [-0.4, -0.2) is 25.0 Å². The third-order valence-corrected chi connectivity index (χ3v) is 2.59. The molecule has 1 aromatic carbocycles. The van der Waals surface area contributed by atoms with Gasteiger partial charge in [0.25, 0.3) is 5.89 Å². The number of nitrogens with zero attached hydrogens (tertiary/aromatic N) is 4. The summed E-state index contributed by atoms with van der Waals surface area (Å²) in [7, 11) is 1.76. The average Bonchev–Trinajstić information content (AvgIpc) is 2.98. The summed E-state index contributed by atoms with van der Waals surface area (Å²) in [6.07, 6.45) is 3.27. The van der Waals surface area contributed by atoms with Crippen LogP contribution in [0.25, 0.3) is 22.8 Å². The smallest absolute Gasteiger partial charge is 0.265 e. The van der Waals surface area contributed by atoms with Gasteiger partial charge in [0.1, 0.15) is 17.1 Å². The maximum Gasteiger partial charge on any atom is 0.265 e. The standard InChI is InChI=1S/C12H9FN4O2/c1-17-6-7(5-14-17)11-15-12(19-16-11)10-8(13)3-2-4-9(10)18/h2-6,18H,1H3. The zero-order chi connectivity index (χ0) is 13.4. The van der Waals surface area contributed by atoms with Crippen molar-refractivity contribution in [2.45, 2.75) is 0 Å². The number of aromatic hydroxyl groups is 1. The highest BCUT2D eigenvalue weighted by Crippen LogP contribution is 2.31. The van der Waals surface area contributed by atoms with Gasteiger partial charge in [0.2, 0.25) is 5.82 Å². The van der Waals surface area contributed by atoms with E-state index < -0.39 is 5.82 Å². The predicted molar refractivity (Wildman–Crippen MR) is 63.6 cm³/mol. The van der Waals surface area contributed by atoms with Crippen molar-refractivity contribution in [3.63, 3.8) is 0 Å². The van der Waals surface area contributed by atoms with Gasteiger partial charge in [0, 0.05) is 13.2 Å². The molecule has 0 aliphatic carbocycles. The van der Waals surface area contributed by atoms with Crippen molar-refractivity contribution in [2.24, 2.45) is 7.05 Å². The maximum absolute atomic E-state index is 13.6. The summed E-state index contributed by atoms with van der Waals surface area (Å²) < 4.78 is 20.2. The number of phenols is 1. The topological polar surface area (TPSA) is 77.0 Å². The Morgan fingerprint density at radius 2 is 2.21 bits per heavy atom. The molecule has 0 saturated heterocycles. The van der Waals surface area contributed by atoms with Crippen molar-refractivity contribution in [3.8, 4) is 28.6 Å². The quantitative estimate of drug-likeness (QED) is 0.762. The van der Waals surface area contributed by atoms with E-state index in [1.54, 1.807) is 24.1 Å². The van der Waals surface area contributed by atoms with Gasteiger partial charge < -0.3 is 9.63 Å². The van der Waals surface area contributed by atoms with Gasteiger partial charge in [-0.05, 0) is 12.1 Å². The third kappa shape index (κ3) is 1.95. The van der Waals surface area contributed by atoms with Gasteiger partial charge in [0.15, 0.2) is 0 Å². The second kappa shape index (κ2) is 4.20. The van der Waals surface area contributed by atoms with Gasteiger partial charge in [-0.15, -0.1) is 0 Å². The number of hydrogen-bond donors (Lipinski definition) is 1. The van der Waals surface area contributed by atoms with Crippen LogP contribution in [0.5, 0.6) is 5.75 Å². The Morgan fingerprint density at radius 1 is 1.37 bits per heavy atom. The van der Waals surface area contributed by atoms with E-state index in [-0.39, 0.29) is 23.0 Å². The van der Waals surface area contributed by atoms with E-state index in [9.17, 15) is 9.50 Å². The summed E-state index contributed by atoms with van der Waals surface area (Å²) in [5, 5.41) is 17.4. The monoisotopic (exact) mass is 260 g/mol. The largest absolute Gasteiger partial charge is 0.507 e. The van der Waals surface area contributed by atoms with E-state index in [4.69, 9.17) is 4.52 Å². The lowest BCUT2D eigenvalue weighted by atomic mass is 10.2. The van der Waals surface area contributed by atoms with E-state index in [0.717, 1.165) is 0 Å². The van der Waals surface area contributed by atoms with Crippen LogP contribution in [0.4, 0.5) is 4.39 Å². The molecule has 0 fully saturated rings. The number of phenolic OH excluding ortho intramolecular Hbond substituents is 1. The molecule has 2 aromatic heterocycles.